The molecule has 98 valence electrons. The summed E-state index contributed by atoms with van der Waals surface area (Å²) in [5, 5.41) is 7.82. The fourth-order valence-electron chi connectivity index (χ4n) is 2.02. The molecule has 0 spiro atoms. The summed E-state index contributed by atoms with van der Waals surface area (Å²) < 4.78 is 7.63. The maximum atomic E-state index is 5.73. The average Bonchev–Trinajstić information content (AvgIpc) is 2.78. The quantitative estimate of drug-likeness (QED) is 0.852. The van der Waals surface area contributed by atoms with Gasteiger partial charge in [0.05, 0.1) is 30.5 Å². The van der Waals surface area contributed by atoms with E-state index in [9.17, 15) is 0 Å². The second-order valence-corrected chi connectivity index (χ2v) is 4.62. The fraction of sp³-hybridized carbons (Fsp3) is 0.500. The molecule has 2 heterocycles. The van der Waals surface area contributed by atoms with Crippen molar-refractivity contribution < 1.29 is 4.74 Å². The van der Waals surface area contributed by atoms with E-state index < -0.39 is 0 Å². The van der Waals surface area contributed by atoms with Gasteiger partial charge in [-0.25, -0.2) is 4.52 Å². The predicted octanol–water partition coefficient (Wildman–Crippen LogP) is 2.41. The monoisotopic (exact) mass is 247 g/mol. The van der Waals surface area contributed by atoms with Gasteiger partial charge in [-0.05, 0) is 32.5 Å². The molecule has 0 amide bonds. The van der Waals surface area contributed by atoms with Crippen molar-refractivity contribution in [2.45, 2.75) is 32.9 Å². The first kappa shape index (κ1) is 13.1. The van der Waals surface area contributed by atoms with Crippen molar-refractivity contribution in [3.05, 3.63) is 36.2 Å². The Morgan fingerprint density at radius 2 is 2.22 bits per heavy atom. The highest BCUT2D eigenvalue weighted by molar-refractivity contribution is 5.54. The number of rotatable bonds is 6. The first-order valence-electron chi connectivity index (χ1n) is 6.49. The fourth-order valence-corrected chi connectivity index (χ4v) is 2.02. The van der Waals surface area contributed by atoms with Crippen molar-refractivity contribution in [1.82, 2.24) is 14.9 Å². The Morgan fingerprint density at radius 3 is 2.94 bits per heavy atom. The summed E-state index contributed by atoms with van der Waals surface area (Å²) in [4.78, 5) is 0. The van der Waals surface area contributed by atoms with Crippen molar-refractivity contribution in [1.29, 1.82) is 0 Å². The summed E-state index contributed by atoms with van der Waals surface area (Å²) >= 11 is 0. The number of hydrogen-bond donors (Lipinski definition) is 1. The smallest absolute Gasteiger partial charge is 0.0710 e. The van der Waals surface area contributed by atoms with Crippen LogP contribution in [-0.2, 0) is 4.74 Å². The van der Waals surface area contributed by atoms with Crippen molar-refractivity contribution in [2.24, 2.45) is 0 Å². The molecule has 1 atom stereocenters. The largest absolute Gasteiger partial charge is 0.377 e. The Labute approximate surface area is 108 Å². The summed E-state index contributed by atoms with van der Waals surface area (Å²) in [5.74, 6) is 0. The van der Waals surface area contributed by atoms with Crippen LogP contribution < -0.4 is 5.32 Å². The summed E-state index contributed by atoms with van der Waals surface area (Å²) in [6.07, 6.45) is 4.13. The lowest BCUT2D eigenvalue weighted by molar-refractivity contribution is 0.0617. The molecule has 0 radical (unpaired) electrons. The van der Waals surface area contributed by atoms with Crippen molar-refractivity contribution in [2.75, 3.05) is 13.2 Å². The molecule has 18 heavy (non-hydrogen) atoms. The molecule has 0 aromatic carbocycles. The first-order valence-corrected chi connectivity index (χ1v) is 6.49. The number of likely N-dealkylation sites (N-methyl/N-ethyl adjacent to an activating group) is 1. The van der Waals surface area contributed by atoms with Gasteiger partial charge in [0.1, 0.15) is 0 Å². The summed E-state index contributed by atoms with van der Waals surface area (Å²) in [6, 6.07) is 6.29. The third kappa shape index (κ3) is 2.89. The van der Waals surface area contributed by atoms with Crippen LogP contribution in [0.2, 0.25) is 0 Å². The van der Waals surface area contributed by atoms with E-state index in [1.807, 2.05) is 29.0 Å². The topological polar surface area (TPSA) is 38.6 Å². The number of hydrogen-bond acceptors (Lipinski definition) is 3. The molecular weight excluding hydrogens is 226 g/mol. The van der Waals surface area contributed by atoms with Crippen LogP contribution in [-0.4, -0.2) is 28.9 Å². The van der Waals surface area contributed by atoms with Gasteiger partial charge < -0.3 is 10.1 Å². The van der Waals surface area contributed by atoms with Crippen LogP contribution in [0.3, 0.4) is 0 Å². The number of fused-ring (bicyclic) bond motifs is 1. The van der Waals surface area contributed by atoms with E-state index in [1.54, 1.807) is 0 Å². The molecule has 0 aliphatic rings. The van der Waals surface area contributed by atoms with Gasteiger partial charge in [0.15, 0.2) is 0 Å². The molecule has 0 fully saturated rings. The van der Waals surface area contributed by atoms with Gasteiger partial charge in [-0.15, -0.1) is 0 Å². The predicted molar refractivity (Wildman–Crippen MR) is 72.7 cm³/mol. The zero-order chi connectivity index (χ0) is 13.0. The van der Waals surface area contributed by atoms with Crippen LogP contribution in [0, 0.1) is 0 Å². The molecule has 0 bridgehead atoms. The number of nitrogens with zero attached hydrogens (tertiary/aromatic N) is 2. The van der Waals surface area contributed by atoms with Crippen LogP contribution in [0.1, 0.15) is 32.4 Å². The molecule has 4 heteroatoms. The SMILES string of the molecule is CCNC(COC(C)C)c1cnn2ccccc12. The van der Waals surface area contributed by atoms with Crippen LogP contribution >= 0.6 is 0 Å². The van der Waals surface area contributed by atoms with E-state index in [2.05, 4.69) is 37.3 Å². The van der Waals surface area contributed by atoms with Gasteiger partial charge in [-0.1, -0.05) is 13.0 Å². The Kier molecular flexibility index (Phi) is 4.33. The number of pyridine rings is 1. The molecular formula is C14H21N3O. The van der Waals surface area contributed by atoms with Crippen LogP contribution in [0.25, 0.3) is 5.52 Å². The van der Waals surface area contributed by atoms with E-state index >= 15 is 0 Å². The van der Waals surface area contributed by atoms with Gasteiger partial charge in [0.2, 0.25) is 0 Å². The van der Waals surface area contributed by atoms with E-state index in [0.29, 0.717) is 6.61 Å². The Balaban J connectivity index is 2.24. The molecule has 0 saturated carbocycles. The van der Waals surface area contributed by atoms with Crippen molar-refractivity contribution in [3.8, 4) is 0 Å². The maximum Gasteiger partial charge on any atom is 0.0710 e. The van der Waals surface area contributed by atoms with E-state index in [0.717, 1.165) is 12.1 Å². The second-order valence-electron chi connectivity index (χ2n) is 4.62. The Hall–Kier alpha value is -1.39. The molecule has 1 N–H and O–H groups in total. The molecule has 0 aliphatic carbocycles. The van der Waals surface area contributed by atoms with Crippen LogP contribution in [0.4, 0.5) is 0 Å². The first-order chi connectivity index (χ1) is 8.72. The van der Waals surface area contributed by atoms with Gasteiger partial charge >= 0.3 is 0 Å². The summed E-state index contributed by atoms with van der Waals surface area (Å²) in [7, 11) is 0. The number of aromatic nitrogens is 2. The van der Waals surface area contributed by atoms with E-state index in [-0.39, 0.29) is 12.1 Å². The van der Waals surface area contributed by atoms with Gasteiger partial charge in [-0.3, -0.25) is 0 Å². The van der Waals surface area contributed by atoms with Gasteiger partial charge in [0.25, 0.3) is 0 Å². The van der Waals surface area contributed by atoms with E-state index in [4.69, 9.17) is 4.74 Å². The Bertz CT molecular complexity index is 492. The minimum Gasteiger partial charge on any atom is -0.377 e. The molecule has 2 aromatic rings. The molecule has 0 aliphatic heterocycles. The maximum absolute atomic E-state index is 5.73. The third-order valence-corrected chi connectivity index (χ3v) is 2.88. The van der Waals surface area contributed by atoms with Gasteiger partial charge in [0, 0.05) is 11.8 Å². The molecule has 2 rings (SSSR count). The zero-order valence-corrected chi connectivity index (χ0v) is 11.3. The number of ether oxygens (including phenoxy) is 1. The van der Waals surface area contributed by atoms with Gasteiger partial charge in [-0.2, -0.15) is 5.10 Å². The lowest BCUT2D eigenvalue weighted by Crippen LogP contribution is -2.26. The summed E-state index contributed by atoms with van der Waals surface area (Å²) in [6.45, 7) is 7.80. The Morgan fingerprint density at radius 1 is 1.39 bits per heavy atom. The van der Waals surface area contributed by atoms with Crippen molar-refractivity contribution >= 4 is 5.52 Å². The highest BCUT2D eigenvalue weighted by Gasteiger charge is 2.16. The van der Waals surface area contributed by atoms with Crippen LogP contribution in [0.5, 0.6) is 0 Å². The lowest BCUT2D eigenvalue weighted by Gasteiger charge is -2.18. The highest BCUT2D eigenvalue weighted by atomic mass is 16.5. The van der Waals surface area contributed by atoms with Crippen molar-refractivity contribution in [3.63, 3.8) is 0 Å². The summed E-state index contributed by atoms with van der Waals surface area (Å²) in [5.41, 5.74) is 2.33. The standard InChI is InChI=1S/C14H21N3O/c1-4-15-13(10-18-11(2)3)12-9-16-17-8-6-5-7-14(12)17/h5-9,11,13,15H,4,10H2,1-3H3. The minimum atomic E-state index is 0.192. The third-order valence-electron chi connectivity index (χ3n) is 2.88. The lowest BCUT2D eigenvalue weighted by atomic mass is 10.1. The normalized spacial score (nSPS) is 13.3. The van der Waals surface area contributed by atoms with Crippen LogP contribution in [0.15, 0.2) is 30.6 Å². The average molecular weight is 247 g/mol. The highest BCUT2D eigenvalue weighted by Crippen LogP contribution is 2.19. The molecule has 0 saturated heterocycles. The van der Waals surface area contributed by atoms with E-state index in [1.165, 1.54) is 5.56 Å². The second kappa shape index (κ2) is 5.98. The molecule has 4 nitrogen and oxygen atoms in total. The zero-order valence-electron chi connectivity index (χ0n) is 11.3. The minimum absolute atomic E-state index is 0.192. The molecule has 2 aromatic heterocycles. The molecule has 1 unspecified atom stereocenters. The number of nitrogens with one attached hydrogen (secondary N) is 1.